The molecule has 5 nitrogen and oxygen atoms in total. The molecular formula is C15H30N2O3. The number of hydrogen-bond donors (Lipinski definition) is 2. The molecular weight excluding hydrogens is 256 g/mol. The molecule has 0 radical (unpaired) electrons. The lowest BCUT2D eigenvalue weighted by molar-refractivity contribution is 0.0545. The lowest BCUT2D eigenvalue weighted by atomic mass is 10.2. The van der Waals surface area contributed by atoms with Gasteiger partial charge in [0.2, 0.25) is 0 Å². The van der Waals surface area contributed by atoms with Crippen LogP contribution in [0.25, 0.3) is 0 Å². The predicted octanol–water partition coefficient (Wildman–Crippen LogP) is 3.69. The molecule has 0 aromatic rings. The van der Waals surface area contributed by atoms with Crippen molar-refractivity contribution in [3.05, 3.63) is 35.9 Å². The van der Waals surface area contributed by atoms with Gasteiger partial charge in [0.05, 0.1) is 7.11 Å². The van der Waals surface area contributed by atoms with E-state index in [9.17, 15) is 4.79 Å². The Hall–Kier alpha value is -1.91. The van der Waals surface area contributed by atoms with E-state index in [1.807, 2.05) is 20.8 Å². The molecule has 20 heavy (non-hydrogen) atoms. The second kappa shape index (κ2) is 9.95. The third-order valence-electron chi connectivity index (χ3n) is 1.84. The van der Waals surface area contributed by atoms with Gasteiger partial charge in [-0.05, 0) is 33.8 Å². The zero-order chi connectivity index (χ0) is 16.3. The molecule has 5 heteroatoms. The number of rotatable bonds is 4. The van der Waals surface area contributed by atoms with E-state index in [4.69, 9.17) is 15.2 Å². The molecule has 0 saturated carbocycles. The summed E-state index contributed by atoms with van der Waals surface area (Å²) in [6.07, 6.45) is 2.72. The average Bonchev–Trinajstić information content (AvgIpc) is 2.34. The van der Waals surface area contributed by atoms with Gasteiger partial charge in [-0.15, -0.1) is 0 Å². The second-order valence-corrected chi connectivity index (χ2v) is 4.60. The third-order valence-corrected chi connectivity index (χ3v) is 1.84. The molecule has 0 spiro atoms. The van der Waals surface area contributed by atoms with E-state index in [2.05, 4.69) is 11.9 Å². The zero-order valence-corrected chi connectivity index (χ0v) is 13.7. The van der Waals surface area contributed by atoms with E-state index in [0.717, 1.165) is 0 Å². The smallest absolute Gasteiger partial charge is 0.413 e. The van der Waals surface area contributed by atoms with E-state index in [1.54, 1.807) is 32.9 Å². The van der Waals surface area contributed by atoms with Crippen molar-refractivity contribution in [3.63, 3.8) is 0 Å². The molecule has 0 aliphatic carbocycles. The van der Waals surface area contributed by atoms with E-state index in [-0.39, 0.29) is 7.25 Å². The van der Waals surface area contributed by atoms with Crippen LogP contribution in [0.1, 0.15) is 43.0 Å². The fourth-order valence-corrected chi connectivity index (χ4v) is 1.07. The number of carbonyl (C=O) groups excluding carboxylic acids is 1. The van der Waals surface area contributed by atoms with Crippen LogP contribution in [0.15, 0.2) is 35.9 Å². The van der Waals surface area contributed by atoms with Crippen LogP contribution in [0.2, 0.25) is 0 Å². The summed E-state index contributed by atoms with van der Waals surface area (Å²) in [6.45, 7) is 14.8. The van der Waals surface area contributed by atoms with Crippen LogP contribution < -0.4 is 11.1 Å². The number of hydrogen-bond acceptors (Lipinski definition) is 4. The monoisotopic (exact) mass is 286 g/mol. The van der Waals surface area contributed by atoms with Gasteiger partial charge in [-0.25, -0.2) is 4.79 Å². The average molecular weight is 286 g/mol. The van der Waals surface area contributed by atoms with Crippen molar-refractivity contribution in [1.29, 1.82) is 0 Å². The van der Waals surface area contributed by atoms with Crippen molar-refractivity contribution in [2.24, 2.45) is 5.73 Å². The minimum absolute atomic E-state index is 0. The van der Waals surface area contributed by atoms with E-state index in [0.29, 0.717) is 11.3 Å². The van der Waals surface area contributed by atoms with Gasteiger partial charge in [0.15, 0.2) is 0 Å². The Balaban J connectivity index is -0.00000103. The van der Waals surface area contributed by atoms with Gasteiger partial charge < -0.3 is 15.2 Å². The van der Waals surface area contributed by atoms with Gasteiger partial charge in [0.25, 0.3) is 0 Å². The van der Waals surface area contributed by atoms with Crippen molar-refractivity contribution < 1.29 is 15.7 Å². The van der Waals surface area contributed by atoms with Crippen molar-refractivity contribution in [2.45, 2.75) is 47.1 Å². The quantitative estimate of drug-likeness (QED) is 0.610. The topological polar surface area (TPSA) is 73.6 Å². The number of ether oxygens (including phenoxy) is 2. The highest BCUT2D eigenvalue weighted by atomic mass is 16.6. The summed E-state index contributed by atoms with van der Waals surface area (Å²) < 4.78 is 10.0. The Bertz CT molecular complexity index is 383. The molecule has 0 fully saturated rings. The van der Waals surface area contributed by atoms with Crippen LogP contribution in [0.5, 0.6) is 0 Å². The summed E-state index contributed by atoms with van der Waals surface area (Å²) >= 11 is 0. The summed E-state index contributed by atoms with van der Waals surface area (Å²) in [5, 5.41) is 2.42. The first-order valence-corrected chi connectivity index (χ1v) is 6.56. The number of nitrogens with two attached hydrogens (primary N) is 1. The first-order valence-electron chi connectivity index (χ1n) is 6.56. The van der Waals surface area contributed by atoms with Gasteiger partial charge in [-0.1, -0.05) is 26.5 Å². The molecule has 0 aromatic carbocycles. The maximum atomic E-state index is 11.5. The van der Waals surface area contributed by atoms with Crippen LogP contribution in [0.3, 0.4) is 0 Å². The van der Waals surface area contributed by atoms with E-state index < -0.39 is 11.7 Å². The Kier molecular flexibility index (Phi) is 10.2. The van der Waals surface area contributed by atoms with Gasteiger partial charge in [-0.3, -0.25) is 5.32 Å². The summed E-state index contributed by atoms with van der Waals surface area (Å²) in [5.74, 6) is 0.627. The fourth-order valence-electron chi connectivity index (χ4n) is 1.07. The zero-order valence-electron chi connectivity index (χ0n) is 13.7. The molecule has 3 N–H and O–H groups in total. The molecule has 0 aliphatic heterocycles. The Morgan fingerprint density at radius 1 is 1.35 bits per heavy atom. The summed E-state index contributed by atoms with van der Waals surface area (Å²) in [7, 11) is 1.51. The number of carbonyl (C=O) groups is 1. The number of alkyl carbamates (subject to hydrolysis) is 1. The maximum absolute atomic E-state index is 11.5. The van der Waals surface area contributed by atoms with Crippen LogP contribution in [-0.4, -0.2) is 18.8 Å². The van der Waals surface area contributed by atoms with Crippen molar-refractivity contribution >= 4 is 6.09 Å². The van der Waals surface area contributed by atoms with Crippen molar-refractivity contribution in [3.8, 4) is 0 Å². The van der Waals surface area contributed by atoms with E-state index in [1.165, 1.54) is 7.11 Å². The Labute approximate surface area is 124 Å². The standard InChI is InChI=1S/C13H22N2O3.C2H6.H2/c1-7-10(9(2)17-6)8-11(14)15-12(16)18-13(3,4)5;1-2;/h7-8H,2,14H2,1,3-6H3,(H,15,16);1-2H3;1H/b10-7+,11-8+;;. The number of amides is 1. The van der Waals surface area contributed by atoms with Gasteiger partial charge in [0.1, 0.15) is 17.2 Å². The largest absolute Gasteiger partial charge is 0.497 e. The van der Waals surface area contributed by atoms with Crippen LogP contribution in [0.4, 0.5) is 4.79 Å². The molecule has 0 rings (SSSR count). The molecule has 0 atom stereocenters. The number of nitrogens with one attached hydrogen (secondary N) is 1. The molecule has 0 heterocycles. The Morgan fingerprint density at radius 3 is 2.20 bits per heavy atom. The summed E-state index contributed by atoms with van der Waals surface area (Å²) in [5.41, 5.74) is 5.79. The summed E-state index contributed by atoms with van der Waals surface area (Å²) in [6, 6.07) is 0. The highest BCUT2D eigenvalue weighted by Crippen LogP contribution is 2.11. The highest BCUT2D eigenvalue weighted by molar-refractivity contribution is 5.70. The first-order chi connectivity index (χ1) is 9.19. The van der Waals surface area contributed by atoms with Crippen molar-refractivity contribution in [2.75, 3.05) is 7.11 Å². The number of methoxy groups -OCH3 is 1. The molecule has 0 bridgehead atoms. The fraction of sp³-hybridized carbons (Fsp3) is 0.533. The SMILES string of the molecule is C=C(OC)C(/C=C(\N)NC(=O)OC(C)(C)C)=C/C.CC.[HH]. The third kappa shape index (κ3) is 10.1. The van der Waals surface area contributed by atoms with Gasteiger partial charge in [0, 0.05) is 7.00 Å². The van der Waals surface area contributed by atoms with Crippen LogP contribution in [0, 0.1) is 0 Å². The summed E-state index contributed by atoms with van der Waals surface area (Å²) in [4.78, 5) is 11.5. The molecule has 1 amide bonds. The molecule has 0 unspecified atom stereocenters. The normalized spacial score (nSPS) is 11.9. The lowest BCUT2D eigenvalue weighted by Crippen LogP contribution is -2.34. The van der Waals surface area contributed by atoms with Crippen LogP contribution >= 0.6 is 0 Å². The predicted molar refractivity (Wildman–Crippen MR) is 85.0 cm³/mol. The minimum Gasteiger partial charge on any atom is -0.497 e. The highest BCUT2D eigenvalue weighted by Gasteiger charge is 2.16. The molecule has 0 aliphatic rings. The lowest BCUT2D eigenvalue weighted by Gasteiger charge is -2.19. The minimum atomic E-state index is -0.602. The molecule has 118 valence electrons. The maximum Gasteiger partial charge on any atom is 0.413 e. The Morgan fingerprint density at radius 2 is 1.85 bits per heavy atom. The van der Waals surface area contributed by atoms with Gasteiger partial charge in [-0.2, -0.15) is 0 Å². The number of allylic oxidation sites excluding steroid dienone is 2. The van der Waals surface area contributed by atoms with Gasteiger partial charge >= 0.3 is 6.09 Å². The second-order valence-electron chi connectivity index (χ2n) is 4.60. The van der Waals surface area contributed by atoms with Crippen LogP contribution in [-0.2, 0) is 9.47 Å². The van der Waals surface area contributed by atoms with Crippen molar-refractivity contribution in [1.82, 2.24) is 5.32 Å². The van der Waals surface area contributed by atoms with E-state index >= 15 is 0 Å². The molecule has 0 aromatic heterocycles. The molecule has 0 saturated heterocycles. The first kappa shape index (κ1) is 20.4.